The summed E-state index contributed by atoms with van der Waals surface area (Å²) < 4.78 is 6.87. The predicted molar refractivity (Wildman–Crippen MR) is 82.3 cm³/mol. The molecule has 1 aromatic carbocycles. The topological polar surface area (TPSA) is 38.5 Å². The first-order valence-corrected chi connectivity index (χ1v) is 7.73. The van der Waals surface area contributed by atoms with Crippen LogP contribution in [-0.4, -0.2) is 37.2 Å². The summed E-state index contributed by atoms with van der Waals surface area (Å²) in [5.41, 5.74) is 8.58. The zero-order valence-corrected chi connectivity index (χ0v) is 13.3. The van der Waals surface area contributed by atoms with E-state index in [-0.39, 0.29) is 12.1 Å². The number of nitrogens with two attached hydrogens (primary N) is 1. The van der Waals surface area contributed by atoms with Gasteiger partial charge in [0.05, 0.1) is 6.10 Å². The Morgan fingerprint density at radius 2 is 2.32 bits per heavy atom. The van der Waals surface area contributed by atoms with Crippen LogP contribution in [0.3, 0.4) is 0 Å². The average Bonchev–Trinajstić information content (AvgIpc) is 2.58. The van der Waals surface area contributed by atoms with E-state index >= 15 is 0 Å². The fraction of sp³-hybridized carbons (Fsp3) is 0.600. The second kappa shape index (κ2) is 6.84. The van der Waals surface area contributed by atoms with Crippen LogP contribution in [0.25, 0.3) is 0 Å². The van der Waals surface area contributed by atoms with Crippen molar-refractivity contribution in [2.75, 3.05) is 26.2 Å². The Bertz CT molecular complexity index is 425. The maximum absolute atomic E-state index is 6.04. The monoisotopic (exact) mass is 326 g/mol. The van der Waals surface area contributed by atoms with Crippen LogP contribution in [0.1, 0.15) is 30.5 Å². The smallest absolute Gasteiger partial charge is 0.0674 e. The Kier molecular flexibility index (Phi) is 5.39. The number of aryl methyl sites for hydroxylation is 1. The third-order valence-electron chi connectivity index (χ3n) is 3.66. The summed E-state index contributed by atoms with van der Waals surface area (Å²) in [5.74, 6) is 0. The minimum absolute atomic E-state index is 0.263. The van der Waals surface area contributed by atoms with Crippen molar-refractivity contribution in [2.24, 2.45) is 5.73 Å². The molecule has 0 bridgehead atoms. The van der Waals surface area contributed by atoms with Crippen LogP contribution in [0.4, 0.5) is 0 Å². The van der Waals surface area contributed by atoms with Crippen molar-refractivity contribution in [1.82, 2.24) is 4.90 Å². The summed E-state index contributed by atoms with van der Waals surface area (Å²) in [6, 6.07) is 6.77. The second-order valence-electron chi connectivity index (χ2n) is 5.31. The molecular weight excluding hydrogens is 304 g/mol. The molecule has 0 aromatic heterocycles. The van der Waals surface area contributed by atoms with Crippen LogP contribution < -0.4 is 5.73 Å². The minimum Gasteiger partial charge on any atom is -0.377 e. The quantitative estimate of drug-likeness (QED) is 0.928. The molecule has 0 aliphatic carbocycles. The second-order valence-corrected chi connectivity index (χ2v) is 6.16. The van der Waals surface area contributed by atoms with E-state index in [1.807, 2.05) is 0 Å². The number of hydrogen-bond donors (Lipinski definition) is 1. The summed E-state index contributed by atoms with van der Waals surface area (Å²) in [6.45, 7) is 7.72. The molecule has 2 unspecified atom stereocenters. The molecule has 1 fully saturated rings. The van der Waals surface area contributed by atoms with Gasteiger partial charge >= 0.3 is 0 Å². The number of ether oxygens (including phenoxy) is 1. The zero-order chi connectivity index (χ0) is 13.8. The molecule has 2 N–H and O–H groups in total. The van der Waals surface area contributed by atoms with Crippen LogP contribution in [0.2, 0.25) is 0 Å². The third kappa shape index (κ3) is 3.78. The fourth-order valence-electron chi connectivity index (χ4n) is 2.68. The summed E-state index contributed by atoms with van der Waals surface area (Å²) in [7, 11) is 0. The van der Waals surface area contributed by atoms with Gasteiger partial charge in [0.1, 0.15) is 0 Å². The molecule has 2 rings (SSSR count). The molecule has 0 amide bonds. The third-order valence-corrected chi connectivity index (χ3v) is 4.35. The van der Waals surface area contributed by atoms with Gasteiger partial charge in [-0.1, -0.05) is 28.1 Å². The van der Waals surface area contributed by atoms with Gasteiger partial charge in [0.15, 0.2) is 0 Å². The van der Waals surface area contributed by atoms with Crippen molar-refractivity contribution in [1.29, 1.82) is 0 Å². The van der Waals surface area contributed by atoms with Crippen molar-refractivity contribution in [2.45, 2.75) is 32.4 Å². The number of halogens is 1. The lowest BCUT2D eigenvalue weighted by molar-refractivity contribution is 0.0611. The largest absolute Gasteiger partial charge is 0.377 e. The molecule has 3 nitrogen and oxygen atoms in total. The molecule has 0 spiro atoms. The lowest BCUT2D eigenvalue weighted by Gasteiger charge is -2.31. The van der Waals surface area contributed by atoms with Gasteiger partial charge in [0.25, 0.3) is 0 Å². The lowest BCUT2D eigenvalue weighted by Crippen LogP contribution is -2.37. The van der Waals surface area contributed by atoms with E-state index in [0.29, 0.717) is 6.54 Å². The maximum Gasteiger partial charge on any atom is 0.0674 e. The van der Waals surface area contributed by atoms with E-state index in [0.717, 1.165) is 30.6 Å². The van der Waals surface area contributed by atoms with Gasteiger partial charge in [0.2, 0.25) is 0 Å². The van der Waals surface area contributed by atoms with E-state index in [4.69, 9.17) is 10.5 Å². The first-order chi connectivity index (χ1) is 9.11. The van der Waals surface area contributed by atoms with Crippen molar-refractivity contribution in [3.8, 4) is 0 Å². The van der Waals surface area contributed by atoms with Crippen LogP contribution in [0.5, 0.6) is 0 Å². The van der Waals surface area contributed by atoms with Crippen molar-refractivity contribution in [3.05, 3.63) is 33.8 Å². The van der Waals surface area contributed by atoms with Crippen LogP contribution in [-0.2, 0) is 4.74 Å². The van der Waals surface area contributed by atoms with E-state index in [9.17, 15) is 0 Å². The molecule has 1 heterocycles. The van der Waals surface area contributed by atoms with Gasteiger partial charge in [-0.05, 0) is 37.5 Å². The van der Waals surface area contributed by atoms with Crippen LogP contribution in [0.15, 0.2) is 22.7 Å². The Hall–Kier alpha value is -0.420. The van der Waals surface area contributed by atoms with Crippen molar-refractivity contribution in [3.63, 3.8) is 0 Å². The minimum atomic E-state index is 0.263. The highest BCUT2D eigenvalue weighted by atomic mass is 79.9. The van der Waals surface area contributed by atoms with Gasteiger partial charge in [-0.2, -0.15) is 0 Å². The zero-order valence-electron chi connectivity index (χ0n) is 11.7. The molecule has 1 aromatic rings. The normalized spacial score (nSPS) is 23.1. The van der Waals surface area contributed by atoms with Gasteiger partial charge < -0.3 is 10.5 Å². The molecular formula is C15H23BrN2O. The highest BCUT2D eigenvalue weighted by molar-refractivity contribution is 9.10. The number of benzene rings is 1. The summed E-state index contributed by atoms with van der Waals surface area (Å²) >= 11 is 3.68. The number of hydrogen-bond acceptors (Lipinski definition) is 3. The van der Waals surface area contributed by atoms with Gasteiger partial charge in [0, 0.05) is 36.8 Å². The summed E-state index contributed by atoms with van der Waals surface area (Å²) in [6.07, 6.45) is 1.35. The molecule has 106 valence electrons. The molecule has 4 heteroatoms. The Morgan fingerprint density at radius 3 is 3.00 bits per heavy atom. The number of nitrogens with zero attached hydrogens (tertiary/aromatic N) is 1. The molecule has 1 saturated heterocycles. The lowest BCUT2D eigenvalue weighted by atomic mass is 10.0. The first-order valence-electron chi connectivity index (χ1n) is 6.93. The van der Waals surface area contributed by atoms with Gasteiger partial charge in [-0.3, -0.25) is 4.90 Å². The fourth-order valence-corrected chi connectivity index (χ4v) is 3.44. The molecule has 0 saturated carbocycles. The highest BCUT2D eigenvalue weighted by Crippen LogP contribution is 2.29. The molecule has 1 aliphatic heterocycles. The standard InChI is InChI=1S/C15H23BrN2O/c1-11-4-5-13(14(16)8-11)15(9-17)18-6-3-7-19-12(2)10-18/h4-5,8,12,15H,3,6-7,9-10,17H2,1-2H3. The van der Waals surface area contributed by atoms with E-state index in [2.05, 4.69) is 52.9 Å². The van der Waals surface area contributed by atoms with Crippen LogP contribution >= 0.6 is 15.9 Å². The molecule has 1 aliphatic rings. The average molecular weight is 327 g/mol. The molecule has 19 heavy (non-hydrogen) atoms. The maximum atomic E-state index is 6.04. The summed E-state index contributed by atoms with van der Waals surface area (Å²) in [4.78, 5) is 2.45. The SMILES string of the molecule is Cc1ccc(C(CN)N2CCCOC(C)C2)c(Br)c1. The van der Waals surface area contributed by atoms with E-state index in [1.54, 1.807) is 0 Å². The number of rotatable bonds is 3. The molecule has 0 radical (unpaired) electrons. The Morgan fingerprint density at radius 1 is 1.53 bits per heavy atom. The molecule has 2 atom stereocenters. The summed E-state index contributed by atoms with van der Waals surface area (Å²) in [5, 5.41) is 0. The van der Waals surface area contributed by atoms with Crippen molar-refractivity contribution >= 4 is 15.9 Å². The Labute approximate surface area is 124 Å². The predicted octanol–water partition coefficient (Wildman–Crippen LogP) is 2.87. The first kappa shape index (κ1) is 15.0. The van der Waals surface area contributed by atoms with Gasteiger partial charge in [-0.25, -0.2) is 0 Å². The van der Waals surface area contributed by atoms with Crippen molar-refractivity contribution < 1.29 is 4.74 Å². The Balaban J connectivity index is 2.22. The van der Waals surface area contributed by atoms with E-state index in [1.165, 1.54) is 11.1 Å². The van der Waals surface area contributed by atoms with Crippen LogP contribution in [0, 0.1) is 6.92 Å². The van der Waals surface area contributed by atoms with E-state index < -0.39 is 0 Å². The highest BCUT2D eigenvalue weighted by Gasteiger charge is 2.24. The van der Waals surface area contributed by atoms with Gasteiger partial charge in [-0.15, -0.1) is 0 Å².